The molecule has 0 unspecified atom stereocenters. The Morgan fingerprint density at radius 2 is 1.83 bits per heavy atom. The fraction of sp³-hybridized carbons (Fsp3) is 0.667. The van der Waals surface area contributed by atoms with E-state index >= 15 is 0 Å². The predicted molar refractivity (Wildman–Crippen MR) is 117 cm³/mol. The Kier molecular flexibility index (Phi) is 6.99. The molecule has 1 spiro atoms. The molecule has 160 valence electrons. The molecule has 0 saturated carbocycles. The van der Waals surface area contributed by atoms with Gasteiger partial charge in [0.1, 0.15) is 0 Å². The van der Waals surface area contributed by atoms with Gasteiger partial charge in [-0.15, -0.1) is 0 Å². The van der Waals surface area contributed by atoms with Crippen molar-refractivity contribution in [2.75, 3.05) is 26.2 Å². The van der Waals surface area contributed by atoms with Gasteiger partial charge in [0.2, 0.25) is 11.8 Å². The van der Waals surface area contributed by atoms with Gasteiger partial charge < -0.3 is 15.1 Å². The average molecular weight is 400 g/mol. The number of piperidine rings is 1. The summed E-state index contributed by atoms with van der Waals surface area (Å²) in [6, 6.07) is 8.87. The smallest absolute Gasteiger partial charge is 0.230 e. The van der Waals surface area contributed by atoms with Crippen LogP contribution in [0.25, 0.3) is 0 Å². The van der Waals surface area contributed by atoms with Crippen LogP contribution in [-0.2, 0) is 16.1 Å². The van der Waals surface area contributed by atoms with Gasteiger partial charge in [-0.25, -0.2) is 0 Å². The van der Waals surface area contributed by atoms with Crippen molar-refractivity contribution < 1.29 is 9.59 Å². The highest BCUT2D eigenvalue weighted by Crippen LogP contribution is 2.40. The van der Waals surface area contributed by atoms with Gasteiger partial charge in [-0.05, 0) is 56.7 Å². The van der Waals surface area contributed by atoms with Crippen LogP contribution >= 0.6 is 0 Å². The Balaban J connectivity index is 1.57. The molecule has 2 aliphatic heterocycles. The zero-order chi connectivity index (χ0) is 21.0. The summed E-state index contributed by atoms with van der Waals surface area (Å²) in [6.07, 6.45) is 3.47. The molecule has 2 amide bonds. The molecule has 2 aliphatic rings. The molecule has 1 atom stereocenters. The second-order valence-electron chi connectivity index (χ2n) is 9.51. The number of amides is 2. The van der Waals surface area contributed by atoms with E-state index in [-0.39, 0.29) is 17.4 Å². The van der Waals surface area contributed by atoms with Gasteiger partial charge in [0.15, 0.2) is 0 Å². The second-order valence-corrected chi connectivity index (χ2v) is 9.51. The lowest BCUT2D eigenvalue weighted by Gasteiger charge is -2.39. The van der Waals surface area contributed by atoms with Crippen LogP contribution in [0.4, 0.5) is 0 Å². The van der Waals surface area contributed by atoms with E-state index < -0.39 is 0 Å². The molecule has 2 fully saturated rings. The number of nitrogens with zero attached hydrogens (tertiary/aromatic N) is 2. The van der Waals surface area contributed by atoms with Crippen molar-refractivity contribution in [3.8, 4) is 0 Å². The predicted octanol–water partition coefficient (Wildman–Crippen LogP) is 3.54. The summed E-state index contributed by atoms with van der Waals surface area (Å²) in [5.74, 6) is 0.934. The maximum atomic E-state index is 13.4. The molecular formula is C24H37N3O2. The quantitative estimate of drug-likeness (QED) is 0.763. The van der Waals surface area contributed by atoms with E-state index in [0.717, 1.165) is 45.4 Å². The largest absolute Gasteiger partial charge is 0.354 e. The first-order valence-electron chi connectivity index (χ1n) is 11.2. The highest BCUT2D eigenvalue weighted by molar-refractivity contribution is 5.84. The lowest BCUT2D eigenvalue weighted by molar-refractivity contribution is -0.146. The zero-order valence-corrected chi connectivity index (χ0v) is 18.5. The first-order valence-corrected chi connectivity index (χ1v) is 11.2. The monoisotopic (exact) mass is 399 g/mol. The first-order chi connectivity index (χ1) is 13.8. The van der Waals surface area contributed by atoms with Crippen LogP contribution < -0.4 is 5.32 Å². The van der Waals surface area contributed by atoms with Crippen molar-refractivity contribution in [2.24, 2.45) is 5.41 Å². The summed E-state index contributed by atoms with van der Waals surface area (Å²) < 4.78 is 0. The van der Waals surface area contributed by atoms with E-state index in [1.54, 1.807) is 0 Å². The van der Waals surface area contributed by atoms with E-state index in [1.165, 1.54) is 11.1 Å². The van der Waals surface area contributed by atoms with Gasteiger partial charge in [0.25, 0.3) is 0 Å². The Labute approximate surface area is 175 Å². The molecule has 1 aromatic carbocycles. The number of hydrogen-bond acceptors (Lipinski definition) is 3. The van der Waals surface area contributed by atoms with Gasteiger partial charge in [0, 0.05) is 38.6 Å². The molecule has 3 rings (SSSR count). The number of carbonyl (C=O) groups is 2. The molecule has 0 aromatic heterocycles. The standard InChI is InChI=1S/C24H37N3O2/c1-18(2)21-8-6-20(7-9-21)16-27-13-5-11-24(23(27)29)12-15-26(17-24)14-10-22(28)25-19(3)4/h6-9,18-19H,5,10-17H2,1-4H3,(H,25,28)/t24-/m0/s1. The van der Waals surface area contributed by atoms with Gasteiger partial charge in [-0.2, -0.15) is 0 Å². The van der Waals surface area contributed by atoms with Crippen LogP contribution in [0.3, 0.4) is 0 Å². The zero-order valence-electron chi connectivity index (χ0n) is 18.5. The van der Waals surface area contributed by atoms with E-state index in [9.17, 15) is 9.59 Å². The summed E-state index contributed by atoms with van der Waals surface area (Å²) in [7, 11) is 0. The third-order valence-corrected chi connectivity index (χ3v) is 6.38. The fourth-order valence-electron chi connectivity index (χ4n) is 4.71. The molecule has 1 N–H and O–H groups in total. The van der Waals surface area contributed by atoms with Crippen molar-refractivity contribution >= 4 is 11.8 Å². The Morgan fingerprint density at radius 3 is 2.48 bits per heavy atom. The van der Waals surface area contributed by atoms with Crippen molar-refractivity contribution in [1.82, 2.24) is 15.1 Å². The molecule has 29 heavy (non-hydrogen) atoms. The molecule has 5 nitrogen and oxygen atoms in total. The number of likely N-dealkylation sites (tertiary alicyclic amines) is 2. The van der Waals surface area contributed by atoms with Crippen LogP contribution in [-0.4, -0.2) is 53.8 Å². The third kappa shape index (κ3) is 5.39. The van der Waals surface area contributed by atoms with Crippen LogP contribution in [0.1, 0.15) is 70.4 Å². The van der Waals surface area contributed by atoms with E-state index in [1.807, 2.05) is 13.8 Å². The lowest BCUT2D eigenvalue weighted by Crippen LogP contribution is -2.49. The highest BCUT2D eigenvalue weighted by Gasteiger charge is 2.48. The van der Waals surface area contributed by atoms with Crippen molar-refractivity contribution in [3.05, 3.63) is 35.4 Å². The van der Waals surface area contributed by atoms with Crippen LogP contribution in [0.5, 0.6) is 0 Å². The van der Waals surface area contributed by atoms with Crippen LogP contribution in [0, 0.1) is 5.41 Å². The molecule has 2 saturated heterocycles. The maximum Gasteiger partial charge on any atom is 0.230 e. The topological polar surface area (TPSA) is 52.7 Å². The number of hydrogen-bond donors (Lipinski definition) is 1. The van der Waals surface area contributed by atoms with Gasteiger partial charge in [0.05, 0.1) is 5.41 Å². The number of nitrogens with one attached hydrogen (secondary N) is 1. The van der Waals surface area contributed by atoms with E-state index in [4.69, 9.17) is 0 Å². The SMILES string of the molecule is CC(C)NC(=O)CCN1CC[C@@]2(CCCN(Cc3ccc(C(C)C)cc3)C2=O)C1. The first kappa shape index (κ1) is 21.8. The summed E-state index contributed by atoms with van der Waals surface area (Å²) in [6.45, 7) is 12.4. The minimum atomic E-state index is -0.245. The molecule has 2 heterocycles. The van der Waals surface area contributed by atoms with Gasteiger partial charge >= 0.3 is 0 Å². The summed E-state index contributed by atoms with van der Waals surface area (Å²) >= 11 is 0. The lowest BCUT2D eigenvalue weighted by atomic mass is 9.78. The van der Waals surface area contributed by atoms with Crippen molar-refractivity contribution in [3.63, 3.8) is 0 Å². The molecule has 0 bridgehead atoms. The van der Waals surface area contributed by atoms with E-state index in [0.29, 0.717) is 24.8 Å². The Hall–Kier alpha value is -1.88. The van der Waals surface area contributed by atoms with Crippen LogP contribution in [0.2, 0.25) is 0 Å². The normalized spacial score (nSPS) is 22.8. The molecule has 1 aromatic rings. The molecular weight excluding hydrogens is 362 g/mol. The van der Waals surface area contributed by atoms with Gasteiger partial charge in [-0.1, -0.05) is 38.1 Å². The number of carbonyl (C=O) groups excluding carboxylic acids is 2. The minimum absolute atomic E-state index is 0.0994. The number of benzene rings is 1. The Morgan fingerprint density at radius 1 is 1.10 bits per heavy atom. The summed E-state index contributed by atoms with van der Waals surface area (Å²) in [5.41, 5.74) is 2.30. The average Bonchev–Trinajstić information content (AvgIpc) is 3.08. The fourth-order valence-corrected chi connectivity index (χ4v) is 4.71. The van der Waals surface area contributed by atoms with Crippen molar-refractivity contribution in [1.29, 1.82) is 0 Å². The van der Waals surface area contributed by atoms with Crippen LogP contribution in [0.15, 0.2) is 24.3 Å². The van der Waals surface area contributed by atoms with Crippen molar-refractivity contribution in [2.45, 2.75) is 71.9 Å². The van der Waals surface area contributed by atoms with Gasteiger partial charge in [-0.3, -0.25) is 9.59 Å². The molecule has 5 heteroatoms. The Bertz CT molecular complexity index is 713. The molecule has 0 aliphatic carbocycles. The van der Waals surface area contributed by atoms with E-state index in [2.05, 4.69) is 53.2 Å². The second kappa shape index (κ2) is 9.29. The molecule has 0 radical (unpaired) electrons. The summed E-state index contributed by atoms with van der Waals surface area (Å²) in [4.78, 5) is 29.7. The highest BCUT2D eigenvalue weighted by atomic mass is 16.2. The minimum Gasteiger partial charge on any atom is -0.354 e. The summed E-state index contributed by atoms with van der Waals surface area (Å²) in [5, 5.41) is 2.95. The third-order valence-electron chi connectivity index (χ3n) is 6.38. The maximum absolute atomic E-state index is 13.4. The number of rotatable bonds is 7.